The summed E-state index contributed by atoms with van der Waals surface area (Å²) in [6, 6.07) is 1.96. The first kappa shape index (κ1) is 11.3. The molecule has 0 aromatic carbocycles. The van der Waals surface area contributed by atoms with Gasteiger partial charge in [0.1, 0.15) is 5.69 Å². The van der Waals surface area contributed by atoms with E-state index in [4.69, 9.17) is 10.2 Å². The van der Waals surface area contributed by atoms with Gasteiger partial charge < -0.3 is 20.1 Å². The molecule has 1 heterocycles. The van der Waals surface area contributed by atoms with Crippen molar-refractivity contribution in [3.8, 4) is 0 Å². The first-order valence-electron chi connectivity index (χ1n) is 4.32. The van der Waals surface area contributed by atoms with Gasteiger partial charge in [-0.1, -0.05) is 0 Å². The number of aromatic nitrogens is 1. The maximum Gasteiger partial charge on any atom is 0.328 e. The summed E-state index contributed by atoms with van der Waals surface area (Å²) in [5.41, 5.74) is 0.342. The van der Waals surface area contributed by atoms with Crippen molar-refractivity contribution in [2.75, 3.05) is 6.61 Å². The molecule has 0 spiro atoms. The maximum atomic E-state index is 11.5. The number of amides is 1. The van der Waals surface area contributed by atoms with E-state index in [1.165, 1.54) is 0 Å². The highest BCUT2D eigenvalue weighted by Crippen LogP contribution is 1.99. The average molecular weight is 212 g/mol. The molecule has 6 heteroatoms. The number of aryl methyl sites for hydroxylation is 1. The van der Waals surface area contributed by atoms with E-state index in [0.717, 1.165) is 0 Å². The lowest BCUT2D eigenvalue weighted by atomic mass is 10.3. The lowest BCUT2D eigenvalue weighted by Gasteiger charge is -2.11. The van der Waals surface area contributed by atoms with Gasteiger partial charge in [-0.25, -0.2) is 4.79 Å². The minimum atomic E-state index is -1.27. The predicted octanol–water partition coefficient (Wildman–Crippen LogP) is -0.800. The molecule has 0 saturated heterocycles. The van der Waals surface area contributed by atoms with Crippen molar-refractivity contribution in [3.05, 3.63) is 24.0 Å². The van der Waals surface area contributed by atoms with Gasteiger partial charge in [-0.15, -0.1) is 0 Å². The first-order valence-corrected chi connectivity index (χ1v) is 4.32. The Morgan fingerprint density at radius 3 is 2.67 bits per heavy atom. The van der Waals surface area contributed by atoms with E-state index in [1.54, 1.807) is 29.9 Å². The summed E-state index contributed by atoms with van der Waals surface area (Å²) in [4.78, 5) is 22.0. The van der Waals surface area contributed by atoms with E-state index in [9.17, 15) is 9.59 Å². The van der Waals surface area contributed by atoms with Gasteiger partial charge in [0.2, 0.25) is 0 Å². The fourth-order valence-electron chi connectivity index (χ4n) is 1.11. The topological polar surface area (TPSA) is 91.6 Å². The zero-order chi connectivity index (χ0) is 11.4. The molecule has 1 rings (SSSR count). The Labute approximate surface area is 86.1 Å². The van der Waals surface area contributed by atoms with Gasteiger partial charge in [0.25, 0.3) is 5.91 Å². The molecule has 15 heavy (non-hydrogen) atoms. The monoisotopic (exact) mass is 212 g/mol. The second kappa shape index (κ2) is 4.61. The third kappa shape index (κ3) is 2.57. The molecule has 0 radical (unpaired) electrons. The molecule has 6 nitrogen and oxygen atoms in total. The van der Waals surface area contributed by atoms with Crippen LogP contribution in [0.1, 0.15) is 10.5 Å². The largest absolute Gasteiger partial charge is 0.480 e. The van der Waals surface area contributed by atoms with Crippen molar-refractivity contribution in [1.29, 1.82) is 0 Å². The smallest absolute Gasteiger partial charge is 0.328 e. The zero-order valence-electron chi connectivity index (χ0n) is 8.17. The molecule has 3 N–H and O–H groups in total. The quantitative estimate of drug-likeness (QED) is 0.609. The van der Waals surface area contributed by atoms with Crippen molar-refractivity contribution < 1.29 is 19.8 Å². The van der Waals surface area contributed by atoms with Crippen LogP contribution in [0.15, 0.2) is 18.3 Å². The number of carboxylic acids is 1. The van der Waals surface area contributed by atoms with Gasteiger partial charge in [0.05, 0.1) is 6.61 Å². The van der Waals surface area contributed by atoms with E-state index >= 15 is 0 Å². The van der Waals surface area contributed by atoms with Crippen LogP contribution in [0.5, 0.6) is 0 Å². The molecule has 0 saturated carbocycles. The third-order valence-corrected chi connectivity index (χ3v) is 1.96. The maximum absolute atomic E-state index is 11.5. The lowest BCUT2D eigenvalue weighted by Crippen LogP contribution is -2.43. The molecule has 1 aromatic heterocycles. The van der Waals surface area contributed by atoms with Gasteiger partial charge >= 0.3 is 5.97 Å². The van der Waals surface area contributed by atoms with Crippen molar-refractivity contribution in [2.24, 2.45) is 7.05 Å². The highest BCUT2D eigenvalue weighted by molar-refractivity contribution is 5.95. The number of carbonyl (C=O) groups is 2. The fraction of sp³-hybridized carbons (Fsp3) is 0.333. The number of aliphatic hydroxyl groups excluding tert-OH is 1. The summed E-state index contributed by atoms with van der Waals surface area (Å²) >= 11 is 0. The summed E-state index contributed by atoms with van der Waals surface area (Å²) < 4.78 is 1.56. The second-order valence-corrected chi connectivity index (χ2v) is 3.05. The molecule has 0 aliphatic rings. The number of nitrogens with zero attached hydrogens (tertiary/aromatic N) is 1. The van der Waals surface area contributed by atoms with Crippen molar-refractivity contribution >= 4 is 11.9 Å². The minimum absolute atomic E-state index is 0.342. The zero-order valence-corrected chi connectivity index (χ0v) is 8.17. The van der Waals surface area contributed by atoms with Crippen LogP contribution in [0, 0.1) is 0 Å². The molecule has 82 valence electrons. The third-order valence-electron chi connectivity index (χ3n) is 1.96. The number of rotatable bonds is 4. The van der Waals surface area contributed by atoms with Crippen LogP contribution in [0.3, 0.4) is 0 Å². The fourth-order valence-corrected chi connectivity index (χ4v) is 1.11. The van der Waals surface area contributed by atoms with E-state index in [-0.39, 0.29) is 0 Å². The second-order valence-electron chi connectivity index (χ2n) is 3.05. The SMILES string of the molecule is Cn1cccc1C(=O)NC(CO)C(=O)O. The molecule has 1 unspecified atom stereocenters. The van der Waals surface area contributed by atoms with Gasteiger partial charge in [0, 0.05) is 13.2 Å². The van der Waals surface area contributed by atoms with Crippen LogP contribution in [-0.2, 0) is 11.8 Å². The number of nitrogens with one attached hydrogen (secondary N) is 1. The number of hydrogen-bond donors (Lipinski definition) is 3. The molecule has 1 aromatic rings. The van der Waals surface area contributed by atoms with Gasteiger partial charge in [-0.2, -0.15) is 0 Å². The summed E-state index contributed by atoms with van der Waals surface area (Å²) in [6.07, 6.45) is 1.67. The first-order chi connectivity index (χ1) is 7.06. The van der Waals surface area contributed by atoms with Crippen LogP contribution in [0.2, 0.25) is 0 Å². The Bertz CT molecular complexity index is 372. The summed E-state index contributed by atoms with van der Waals surface area (Å²) in [7, 11) is 1.67. The molecule has 0 bridgehead atoms. The van der Waals surface area contributed by atoms with Crippen LogP contribution < -0.4 is 5.32 Å². The average Bonchev–Trinajstić information content (AvgIpc) is 2.60. The van der Waals surface area contributed by atoms with E-state index < -0.39 is 24.5 Å². The molecule has 0 fully saturated rings. The van der Waals surface area contributed by atoms with Gasteiger partial charge in [-0.05, 0) is 12.1 Å². The summed E-state index contributed by atoms with van der Waals surface area (Å²) in [5, 5.41) is 19.5. The molecule has 1 amide bonds. The van der Waals surface area contributed by atoms with E-state index in [2.05, 4.69) is 5.32 Å². The van der Waals surface area contributed by atoms with Gasteiger partial charge in [0.15, 0.2) is 6.04 Å². The number of aliphatic carboxylic acids is 1. The Morgan fingerprint density at radius 1 is 1.60 bits per heavy atom. The highest BCUT2D eigenvalue weighted by atomic mass is 16.4. The number of carboxylic acid groups (broad SMARTS) is 1. The van der Waals surface area contributed by atoms with Gasteiger partial charge in [-0.3, -0.25) is 4.79 Å². The van der Waals surface area contributed by atoms with Crippen molar-refractivity contribution in [1.82, 2.24) is 9.88 Å². The Balaban J connectivity index is 2.71. The molecule has 1 atom stereocenters. The Morgan fingerprint density at radius 2 is 2.27 bits per heavy atom. The molecular weight excluding hydrogens is 200 g/mol. The molecular formula is C9H12N2O4. The lowest BCUT2D eigenvalue weighted by molar-refractivity contribution is -0.140. The minimum Gasteiger partial charge on any atom is -0.480 e. The van der Waals surface area contributed by atoms with Crippen LogP contribution in [-0.4, -0.2) is 39.3 Å². The van der Waals surface area contributed by atoms with E-state index in [1.807, 2.05) is 0 Å². The van der Waals surface area contributed by atoms with Crippen LogP contribution >= 0.6 is 0 Å². The molecule has 0 aliphatic carbocycles. The Hall–Kier alpha value is -1.82. The van der Waals surface area contributed by atoms with Crippen LogP contribution in [0.25, 0.3) is 0 Å². The standard InChI is InChI=1S/C9H12N2O4/c1-11-4-2-3-7(11)8(13)10-6(5-12)9(14)15/h2-4,6,12H,5H2,1H3,(H,10,13)(H,14,15). The van der Waals surface area contributed by atoms with Crippen molar-refractivity contribution in [3.63, 3.8) is 0 Å². The van der Waals surface area contributed by atoms with Crippen molar-refractivity contribution in [2.45, 2.75) is 6.04 Å². The number of hydrogen-bond acceptors (Lipinski definition) is 3. The number of carbonyl (C=O) groups excluding carboxylic acids is 1. The predicted molar refractivity (Wildman–Crippen MR) is 51.4 cm³/mol. The highest BCUT2D eigenvalue weighted by Gasteiger charge is 2.20. The normalized spacial score (nSPS) is 12.1. The number of aliphatic hydroxyl groups is 1. The summed E-state index contributed by atoms with van der Waals surface area (Å²) in [5.74, 6) is -1.79. The van der Waals surface area contributed by atoms with Crippen LogP contribution in [0.4, 0.5) is 0 Å². The van der Waals surface area contributed by atoms with E-state index in [0.29, 0.717) is 5.69 Å². The summed E-state index contributed by atoms with van der Waals surface area (Å²) in [6.45, 7) is -0.633. The molecule has 0 aliphatic heterocycles. The Kier molecular flexibility index (Phi) is 3.46.